The summed E-state index contributed by atoms with van der Waals surface area (Å²) in [4.78, 5) is 23.5. The molecule has 0 saturated heterocycles. The van der Waals surface area contributed by atoms with Crippen LogP contribution in [0.25, 0.3) is 6.08 Å². The highest BCUT2D eigenvalue weighted by Gasteiger charge is 2.15. The predicted molar refractivity (Wildman–Crippen MR) is 97.4 cm³/mol. The molecule has 5 heteroatoms. The van der Waals surface area contributed by atoms with E-state index < -0.39 is 0 Å². The molecule has 0 spiro atoms. The molecule has 5 nitrogen and oxygen atoms in total. The number of benzene rings is 2. The second-order valence-electron chi connectivity index (χ2n) is 5.76. The average Bonchev–Trinajstić information content (AvgIpc) is 3.15. The first kappa shape index (κ1) is 17.4. The normalized spacial score (nSPS) is 10.8. The van der Waals surface area contributed by atoms with Gasteiger partial charge in [0.2, 0.25) is 0 Å². The summed E-state index contributed by atoms with van der Waals surface area (Å²) >= 11 is 0. The summed E-state index contributed by atoms with van der Waals surface area (Å²) in [5, 5.41) is 0. The molecule has 0 atom stereocenters. The minimum atomic E-state index is -0.381. The fraction of sp³-hybridized carbons (Fsp3) is 0.0952. The maximum Gasteiger partial charge on any atom is 0.345 e. The Kier molecular flexibility index (Phi) is 5.39. The van der Waals surface area contributed by atoms with E-state index in [1.54, 1.807) is 35.3 Å². The number of hydrogen-bond donors (Lipinski definition) is 0. The molecule has 3 aromatic rings. The van der Waals surface area contributed by atoms with Crippen LogP contribution in [-0.2, 0) is 16.1 Å². The molecule has 0 unspecified atom stereocenters. The summed E-state index contributed by atoms with van der Waals surface area (Å²) in [5.41, 5.74) is 2.66. The maximum atomic E-state index is 12.4. The Morgan fingerprint density at radius 2 is 1.81 bits per heavy atom. The molecular weight excluding hydrogens is 328 g/mol. The average molecular weight is 347 g/mol. The lowest BCUT2D eigenvalue weighted by Crippen LogP contribution is -2.32. The molecule has 3 rings (SSSR count). The number of ether oxygens (including phenoxy) is 1. The minimum Gasteiger partial charge on any atom is -0.466 e. The number of carbonyl (C=O) groups excluding carboxylic acids is 2. The van der Waals surface area contributed by atoms with E-state index in [-0.39, 0.29) is 11.9 Å². The Morgan fingerprint density at radius 3 is 2.50 bits per heavy atom. The van der Waals surface area contributed by atoms with Crippen molar-refractivity contribution in [2.24, 2.45) is 0 Å². The third-order valence-corrected chi connectivity index (χ3v) is 3.90. The quantitative estimate of drug-likeness (QED) is 0.405. The number of esters is 1. The van der Waals surface area contributed by atoms with Crippen LogP contribution in [0, 0.1) is 0 Å². The molecule has 0 aliphatic heterocycles. The number of aromatic nitrogens is 2. The highest BCUT2D eigenvalue weighted by molar-refractivity contribution is 5.95. The van der Waals surface area contributed by atoms with Crippen molar-refractivity contribution in [2.45, 2.75) is 6.54 Å². The molecule has 1 heterocycles. The molecule has 2 aromatic carbocycles. The van der Waals surface area contributed by atoms with Crippen LogP contribution in [0.1, 0.15) is 21.5 Å². The smallest absolute Gasteiger partial charge is 0.345 e. The SMILES string of the molecule is COC(=O)/C=C/c1ccc(C[n+]2ccn(C(=O)c3ccccc3)c2)cc1. The molecule has 0 aliphatic rings. The van der Waals surface area contributed by atoms with Crippen LogP contribution in [0.2, 0.25) is 0 Å². The zero-order valence-electron chi connectivity index (χ0n) is 14.4. The molecule has 26 heavy (non-hydrogen) atoms. The molecular formula is C21H19N2O3+. The van der Waals surface area contributed by atoms with Crippen molar-refractivity contribution in [1.29, 1.82) is 0 Å². The van der Waals surface area contributed by atoms with E-state index in [2.05, 4.69) is 4.74 Å². The molecule has 0 bridgehead atoms. The zero-order chi connectivity index (χ0) is 18.4. The lowest BCUT2D eigenvalue weighted by atomic mass is 10.1. The Morgan fingerprint density at radius 1 is 1.08 bits per heavy atom. The van der Waals surface area contributed by atoms with Gasteiger partial charge in [-0.15, -0.1) is 0 Å². The standard InChI is InChI=1S/C21H19N2O3/c1-26-20(24)12-11-17-7-9-18(10-8-17)15-22-13-14-23(16-22)21(25)19-5-3-2-4-6-19/h2-14,16H,15H2,1H3/q+1/b12-11+. The maximum absolute atomic E-state index is 12.4. The van der Waals surface area contributed by atoms with Crippen LogP contribution < -0.4 is 4.57 Å². The lowest BCUT2D eigenvalue weighted by molar-refractivity contribution is -0.687. The highest BCUT2D eigenvalue weighted by atomic mass is 16.5. The fourth-order valence-electron chi connectivity index (χ4n) is 2.51. The molecule has 0 aliphatic carbocycles. The Bertz CT molecular complexity index is 925. The molecule has 0 saturated carbocycles. The number of hydrogen-bond acceptors (Lipinski definition) is 3. The van der Waals surface area contributed by atoms with Crippen molar-refractivity contribution in [2.75, 3.05) is 7.11 Å². The Labute approximate surface area is 151 Å². The third-order valence-electron chi connectivity index (χ3n) is 3.90. The first-order valence-electron chi connectivity index (χ1n) is 8.17. The van der Waals surface area contributed by atoms with Crippen molar-refractivity contribution >= 4 is 18.0 Å². The molecule has 0 radical (unpaired) electrons. The molecule has 0 N–H and O–H groups in total. The van der Waals surface area contributed by atoms with E-state index in [0.29, 0.717) is 12.1 Å². The topological polar surface area (TPSA) is 52.2 Å². The monoisotopic (exact) mass is 347 g/mol. The Hall–Kier alpha value is -3.47. The predicted octanol–water partition coefficient (Wildman–Crippen LogP) is 2.70. The molecule has 0 fully saturated rings. The van der Waals surface area contributed by atoms with Crippen molar-refractivity contribution in [3.63, 3.8) is 0 Å². The van der Waals surface area contributed by atoms with Gasteiger partial charge in [0.15, 0.2) is 0 Å². The van der Waals surface area contributed by atoms with Gasteiger partial charge in [-0.05, 0) is 29.3 Å². The van der Waals surface area contributed by atoms with Crippen molar-refractivity contribution < 1.29 is 18.9 Å². The number of imidazole rings is 1. The zero-order valence-corrected chi connectivity index (χ0v) is 14.4. The van der Waals surface area contributed by atoms with E-state index in [9.17, 15) is 9.59 Å². The van der Waals surface area contributed by atoms with Gasteiger partial charge in [0.1, 0.15) is 18.9 Å². The van der Waals surface area contributed by atoms with Gasteiger partial charge in [0.25, 0.3) is 6.33 Å². The summed E-state index contributed by atoms with van der Waals surface area (Å²) in [6, 6.07) is 17.0. The second kappa shape index (κ2) is 8.07. The minimum absolute atomic E-state index is 0.0624. The van der Waals surface area contributed by atoms with E-state index in [0.717, 1.165) is 11.1 Å². The largest absolute Gasteiger partial charge is 0.466 e. The highest BCUT2D eigenvalue weighted by Crippen LogP contribution is 2.07. The number of methoxy groups -OCH3 is 1. The van der Waals surface area contributed by atoms with Gasteiger partial charge in [0.05, 0.1) is 12.7 Å². The third kappa shape index (κ3) is 4.33. The van der Waals surface area contributed by atoms with E-state index in [1.807, 2.05) is 53.2 Å². The van der Waals surface area contributed by atoms with Crippen LogP contribution in [-0.4, -0.2) is 23.6 Å². The Balaban J connectivity index is 1.67. The van der Waals surface area contributed by atoms with Gasteiger partial charge < -0.3 is 4.74 Å². The molecule has 0 amide bonds. The van der Waals surface area contributed by atoms with Crippen molar-refractivity contribution in [3.8, 4) is 0 Å². The van der Waals surface area contributed by atoms with Crippen LogP contribution in [0.4, 0.5) is 0 Å². The van der Waals surface area contributed by atoms with Crippen LogP contribution >= 0.6 is 0 Å². The summed E-state index contributed by atoms with van der Waals surface area (Å²) in [6.07, 6.45) is 8.49. The molecule has 1 aromatic heterocycles. The van der Waals surface area contributed by atoms with Crippen molar-refractivity contribution in [3.05, 3.63) is 96.1 Å². The first-order valence-corrected chi connectivity index (χ1v) is 8.17. The summed E-state index contributed by atoms with van der Waals surface area (Å²) in [7, 11) is 1.35. The summed E-state index contributed by atoms with van der Waals surface area (Å²) < 4.78 is 8.09. The van der Waals surface area contributed by atoms with Gasteiger partial charge >= 0.3 is 11.9 Å². The number of carbonyl (C=O) groups is 2. The van der Waals surface area contributed by atoms with Crippen LogP contribution in [0.15, 0.2) is 79.4 Å². The van der Waals surface area contributed by atoms with E-state index in [4.69, 9.17) is 0 Å². The second-order valence-corrected chi connectivity index (χ2v) is 5.76. The van der Waals surface area contributed by atoms with Crippen LogP contribution in [0.5, 0.6) is 0 Å². The van der Waals surface area contributed by atoms with Gasteiger partial charge in [0, 0.05) is 6.08 Å². The van der Waals surface area contributed by atoms with Gasteiger partial charge in [-0.25, -0.2) is 14.2 Å². The van der Waals surface area contributed by atoms with E-state index >= 15 is 0 Å². The first-order chi connectivity index (χ1) is 12.7. The van der Waals surface area contributed by atoms with Crippen LogP contribution in [0.3, 0.4) is 0 Å². The van der Waals surface area contributed by atoms with Gasteiger partial charge in [-0.2, -0.15) is 4.57 Å². The molecule has 130 valence electrons. The lowest BCUT2D eigenvalue weighted by Gasteiger charge is -1.99. The fourth-order valence-corrected chi connectivity index (χ4v) is 2.51. The van der Waals surface area contributed by atoms with Crippen molar-refractivity contribution in [1.82, 2.24) is 4.57 Å². The number of nitrogens with zero attached hydrogens (tertiary/aromatic N) is 2. The number of rotatable bonds is 5. The van der Waals surface area contributed by atoms with Gasteiger partial charge in [-0.3, -0.25) is 0 Å². The summed E-state index contributed by atoms with van der Waals surface area (Å²) in [5.74, 6) is -0.443. The summed E-state index contributed by atoms with van der Waals surface area (Å²) in [6.45, 7) is 0.649. The van der Waals surface area contributed by atoms with E-state index in [1.165, 1.54) is 13.2 Å². The van der Waals surface area contributed by atoms with Gasteiger partial charge in [-0.1, -0.05) is 42.5 Å².